The molecule has 3 rings (SSSR count). The summed E-state index contributed by atoms with van der Waals surface area (Å²) in [7, 11) is 0. The maximum Gasteiger partial charge on any atom is 0.261 e. The second-order valence-corrected chi connectivity index (χ2v) is 7.71. The molecule has 2 fully saturated rings. The monoisotopic (exact) mass is 395 g/mol. The van der Waals surface area contributed by atoms with Crippen molar-refractivity contribution in [2.75, 3.05) is 26.3 Å². The lowest BCUT2D eigenvalue weighted by atomic mass is 9.96. The first kappa shape index (κ1) is 19.8. The Labute approximate surface area is 161 Å². The van der Waals surface area contributed by atoms with Gasteiger partial charge in [-0.2, -0.15) is 0 Å². The smallest absolute Gasteiger partial charge is 0.261 e. The van der Waals surface area contributed by atoms with Gasteiger partial charge < -0.3 is 25.4 Å². The molecule has 2 heterocycles. The van der Waals surface area contributed by atoms with Crippen molar-refractivity contribution in [2.45, 2.75) is 38.0 Å². The molecule has 1 aromatic heterocycles. The molecule has 1 aliphatic heterocycles. The van der Waals surface area contributed by atoms with Crippen molar-refractivity contribution in [3.05, 3.63) is 22.4 Å². The van der Waals surface area contributed by atoms with Gasteiger partial charge in [0.2, 0.25) is 11.8 Å². The van der Waals surface area contributed by atoms with Crippen LogP contribution in [0.2, 0.25) is 0 Å². The predicted molar refractivity (Wildman–Crippen MR) is 99.3 cm³/mol. The van der Waals surface area contributed by atoms with Crippen molar-refractivity contribution in [1.82, 2.24) is 15.5 Å². The summed E-state index contributed by atoms with van der Waals surface area (Å²) in [6.45, 7) is 3.04. The summed E-state index contributed by atoms with van der Waals surface area (Å²) in [6, 6.07) is 2.47. The average Bonchev–Trinajstić information content (AvgIpc) is 3.38. The van der Waals surface area contributed by atoms with Crippen LogP contribution in [0.15, 0.2) is 17.5 Å². The SMILES string of the molecule is CCOCCNC(=O)[C@H]1C2CC(O)C(C2)N1C(=O)CNC(=O)c1cccs1. The van der Waals surface area contributed by atoms with Gasteiger partial charge in [0, 0.05) is 13.2 Å². The molecule has 9 heteroatoms. The topological polar surface area (TPSA) is 108 Å². The van der Waals surface area contributed by atoms with Gasteiger partial charge in [-0.15, -0.1) is 11.3 Å². The second-order valence-electron chi connectivity index (χ2n) is 6.76. The molecule has 1 aliphatic carbocycles. The van der Waals surface area contributed by atoms with Crippen molar-refractivity contribution < 1.29 is 24.2 Å². The first-order chi connectivity index (χ1) is 13.0. The lowest BCUT2D eigenvalue weighted by Gasteiger charge is -2.36. The molecule has 4 atom stereocenters. The van der Waals surface area contributed by atoms with Crippen molar-refractivity contribution in [3.8, 4) is 0 Å². The quantitative estimate of drug-likeness (QED) is 0.536. The fourth-order valence-corrected chi connectivity index (χ4v) is 4.58. The Kier molecular flexibility index (Phi) is 6.46. The minimum Gasteiger partial charge on any atom is -0.391 e. The first-order valence-electron chi connectivity index (χ1n) is 9.19. The van der Waals surface area contributed by atoms with Crippen LogP contribution >= 0.6 is 11.3 Å². The summed E-state index contributed by atoms with van der Waals surface area (Å²) in [5, 5.41) is 17.4. The largest absolute Gasteiger partial charge is 0.391 e. The number of aliphatic hydroxyl groups is 1. The van der Waals surface area contributed by atoms with E-state index in [9.17, 15) is 19.5 Å². The van der Waals surface area contributed by atoms with Gasteiger partial charge in [-0.1, -0.05) is 6.07 Å². The van der Waals surface area contributed by atoms with E-state index in [2.05, 4.69) is 10.6 Å². The van der Waals surface area contributed by atoms with Gasteiger partial charge in [0.25, 0.3) is 5.91 Å². The molecule has 2 aliphatic rings. The van der Waals surface area contributed by atoms with Crippen LogP contribution in [0.4, 0.5) is 0 Å². The van der Waals surface area contributed by atoms with E-state index in [0.717, 1.165) is 0 Å². The predicted octanol–water partition coefficient (Wildman–Crippen LogP) is -0.0191. The zero-order valence-corrected chi connectivity index (χ0v) is 16.0. The number of nitrogens with one attached hydrogen (secondary N) is 2. The molecule has 3 amide bonds. The summed E-state index contributed by atoms with van der Waals surface area (Å²) < 4.78 is 5.22. The van der Waals surface area contributed by atoms with E-state index in [1.165, 1.54) is 16.2 Å². The second kappa shape index (κ2) is 8.81. The fourth-order valence-electron chi connectivity index (χ4n) is 3.94. The van der Waals surface area contributed by atoms with Crippen LogP contribution in [0.3, 0.4) is 0 Å². The average molecular weight is 395 g/mol. The molecule has 1 saturated heterocycles. The number of hydrogen-bond donors (Lipinski definition) is 3. The highest BCUT2D eigenvalue weighted by atomic mass is 32.1. The third-order valence-electron chi connectivity index (χ3n) is 5.09. The van der Waals surface area contributed by atoms with E-state index < -0.39 is 12.1 Å². The van der Waals surface area contributed by atoms with E-state index in [1.54, 1.807) is 17.5 Å². The fraction of sp³-hybridized carbons (Fsp3) is 0.611. The number of ether oxygens (including phenoxy) is 1. The molecule has 0 spiro atoms. The van der Waals surface area contributed by atoms with Gasteiger partial charge in [-0.3, -0.25) is 14.4 Å². The zero-order valence-electron chi connectivity index (χ0n) is 15.2. The number of thiophene rings is 1. The Balaban J connectivity index is 1.60. The Morgan fingerprint density at radius 2 is 2.15 bits per heavy atom. The molecule has 2 bridgehead atoms. The Bertz CT molecular complexity index is 681. The molecule has 3 unspecified atom stereocenters. The Morgan fingerprint density at radius 3 is 2.85 bits per heavy atom. The summed E-state index contributed by atoms with van der Waals surface area (Å²) in [5.74, 6) is -0.960. The van der Waals surface area contributed by atoms with Gasteiger partial charge in [0.05, 0.1) is 30.2 Å². The molecular formula is C18H25N3O5S. The maximum absolute atomic E-state index is 12.7. The number of likely N-dealkylation sites (tertiary alicyclic amines) is 1. The van der Waals surface area contributed by atoms with Crippen LogP contribution in [-0.4, -0.2) is 72.2 Å². The third-order valence-corrected chi connectivity index (χ3v) is 5.96. The van der Waals surface area contributed by atoms with Crippen molar-refractivity contribution in [2.24, 2.45) is 5.92 Å². The number of amides is 3. The zero-order chi connectivity index (χ0) is 19.4. The number of rotatable bonds is 8. The van der Waals surface area contributed by atoms with Crippen LogP contribution < -0.4 is 10.6 Å². The van der Waals surface area contributed by atoms with E-state index in [-0.39, 0.29) is 36.2 Å². The van der Waals surface area contributed by atoms with E-state index in [0.29, 0.717) is 37.5 Å². The van der Waals surface area contributed by atoms with Crippen LogP contribution in [0, 0.1) is 5.92 Å². The van der Waals surface area contributed by atoms with Crippen LogP contribution in [0.5, 0.6) is 0 Å². The number of aliphatic hydroxyl groups excluding tert-OH is 1. The Morgan fingerprint density at radius 1 is 1.33 bits per heavy atom. The summed E-state index contributed by atoms with van der Waals surface area (Å²) in [6.07, 6.45) is 0.494. The van der Waals surface area contributed by atoms with E-state index >= 15 is 0 Å². The third kappa shape index (κ3) is 4.31. The highest BCUT2D eigenvalue weighted by Gasteiger charge is 2.55. The van der Waals surface area contributed by atoms with E-state index in [4.69, 9.17) is 4.74 Å². The standard InChI is InChI=1S/C18H25N3O5S/c1-2-26-6-5-19-18(25)16-11-8-12(13(22)9-11)21(16)15(23)10-20-17(24)14-4-3-7-27-14/h3-4,7,11-13,16,22H,2,5-6,8-10H2,1H3,(H,19,25)(H,20,24)/t11?,12?,13?,16-/m1/s1. The van der Waals surface area contributed by atoms with Gasteiger partial charge in [0.1, 0.15) is 6.04 Å². The lowest BCUT2D eigenvalue weighted by Crippen LogP contribution is -2.58. The van der Waals surface area contributed by atoms with Crippen molar-refractivity contribution in [1.29, 1.82) is 0 Å². The van der Waals surface area contributed by atoms with Crippen LogP contribution in [-0.2, 0) is 14.3 Å². The molecule has 1 aromatic rings. The lowest BCUT2D eigenvalue weighted by molar-refractivity contribution is -0.145. The van der Waals surface area contributed by atoms with Crippen LogP contribution in [0.25, 0.3) is 0 Å². The van der Waals surface area contributed by atoms with Crippen molar-refractivity contribution in [3.63, 3.8) is 0 Å². The number of hydrogen-bond acceptors (Lipinski definition) is 6. The summed E-state index contributed by atoms with van der Waals surface area (Å²) in [4.78, 5) is 39.4. The minimum atomic E-state index is -0.626. The molecule has 3 N–H and O–H groups in total. The number of nitrogens with zero attached hydrogens (tertiary/aromatic N) is 1. The number of carbonyl (C=O) groups excluding carboxylic acids is 3. The summed E-state index contributed by atoms with van der Waals surface area (Å²) >= 11 is 1.29. The van der Waals surface area contributed by atoms with Gasteiger partial charge in [-0.05, 0) is 37.1 Å². The number of fused-ring (bicyclic) bond motifs is 2. The Hall–Kier alpha value is -1.97. The number of piperidine rings is 1. The number of carbonyl (C=O) groups is 3. The van der Waals surface area contributed by atoms with Gasteiger partial charge in [0.15, 0.2) is 0 Å². The normalized spacial score (nSPS) is 26.2. The molecule has 1 saturated carbocycles. The molecule has 8 nitrogen and oxygen atoms in total. The van der Waals surface area contributed by atoms with Gasteiger partial charge >= 0.3 is 0 Å². The molecular weight excluding hydrogens is 370 g/mol. The van der Waals surface area contributed by atoms with Crippen molar-refractivity contribution >= 4 is 29.1 Å². The maximum atomic E-state index is 12.7. The van der Waals surface area contributed by atoms with E-state index in [1.807, 2.05) is 6.92 Å². The minimum absolute atomic E-state index is 0.0611. The summed E-state index contributed by atoms with van der Waals surface area (Å²) in [5.41, 5.74) is 0. The molecule has 148 valence electrons. The highest BCUT2D eigenvalue weighted by molar-refractivity contribution is 7.12. The molecule has 27 heavy (non-hydrogen) atoms. The molecule has 0 aromatic carbocycles. The highest BCUT2D eigenvalue weighted by Crippen LogP contribution is 2.42. The van der Waals surface area contributed by atoms with Gasteiger partial charge in [-0.25, -0.2) is 0 Å². The molecule has 0 radical (unpaired) electrons. The van der Waals surface area contributed by atoms with Crippen LogP contribution in [0.1, 0.15) is 29.4 Å². The first-order valence-corrected chi connectivity index (χ1v) is 10.1.